The summed E-state index contributed by atoms with van der Waals surface area (Å²) < 4.78 is 50.9. The Labute approximate surface area is 120 Å². The molecule has 0 heterocycles. The monoisotopic (exact) mass is 324 g/mol. The highest BCUT2D eigenvalue weighted by Gasteiger charge is 2.26. The van der Waals surface area contributed by atoms with Crippen molar-refractivity contribution in [3.05, 3.63) is 29.3 Å². The van der Waals surface area contributed by atoms with Crippen LogP contribution >= 0.6 is 11.8 Å². The van der Waals surface area contributed by atoms with E-state index in [4.69, 9.17) is 5.11 Å². The fourth-order valence-electron chi connectivity index (χ4n) is 1.57. The van der Waals surface area contributed by atoms with E-state index < -0.39 is 37.9 Å². The Morgan fingerprint density at radius 2 is 2.00 bits per heavy atom. The molecule has 0 bridgehead atoms. The van der Waals surface area contributed by atoms with Gasteiger partial charge in [-0.3, -0.25) is 0 Å². The van der Waals surface area contributed by atoms with Crippen molar-refractivity contribution in [2.75, 3.05) is 17.3 Å². The first-order valence-electron chi connectivity index (χ1n) is 5.83. The maximum Gasteiger partial charge on any atom is 0.341 e. The van der Waals surface area contributed by atoms with Crippen molar-refractivity contribution in [3.8, 4) is 0 Å². The number of rotatable bonds is 7. The second-order valence-corrected chi connectivity index (χ2v) is 7.38. The molecule has 8 heteroatoms. The van der Waals surface area contributed by atoms with Crippen molar-refractivity contribution in [2.45, 2.75) is 18.2 Å². The number of benzene rings is 1. The number of carboxylic acids is 1. The van der Waals surface area contributed by atoms with Gasteiger partial charge in [0.05, 0.1) is 5.75 Å². The fraction of sp³-hybridized carbons (Fsp3) is 0.417. The largest absolute Gasteiger partial charge is 0.477 e. The first-order chi connectivity index (χ1) is 9.31. The SMILES string of the molecule is CCSCCCS(=O)(=O)c1ccc(F)c(C(=O)O)c1F. The Balaban J connectivity index is 3.07. The maximum atomic E-state index is 13.8. The molecule has 0 unspecified atom stereocenters. The van der Waals surface area contributed by atoms with Gasteiger partial charge in [-0.1, -0.05) is 6.92 Å². The quantitative estimate of drug-likeness (QED) is 0.616. The molecule has 0 amide bonds. The summed E-state index contributed by atoms with van der Waals surface area (Å²) in [7, 11) is -3.96. The van der Waals surface area contributed by atoms with E-state index in [1.807, 2.05) is 6.92 Å². The van der Waals surface area contributed by atoms with Gasteiger partial charge in [0, 0.05) is 0 Å². The summed E-state index contributed by atoms with van der Waals surface area (Å²) >= 11 is 1.55. The smallest absolute Gasteiger partial charge is 0.341 e. The number of halogens is 2. The highest BCUT2D eigenvalue weighted by Crippen LogP contribution is 2.23. The summed E-state index contributed by atoms with van der Waals surface area (Å²) in [6.07, 6.45) is 0.320. The molecular weight excluding hydrogens is 310 g/mol. The van der Waals surface area contributed by atoms with Crippen LogP contribution in [0.1, 0.15) is 23.7 Å². The zero-order valence-corrected chi connectivity index (χ0v) is 12.4. The maximum absolute atomic E-state index is 13.8. The fourth-order valence-corrected chi connectivity index (χ4v) is 3.79. The number of hydrogen-bond acceptors (Lipinski definition) is 4. The third kappa shape index (κ3) is 3.92. The van der Waals surface area contributed by atoms with Crippen molar-refractivity contribution in [1.82, 2.24) is 0 Å². The lowest BCUT2D eigenvalue weighted by atomic mass is 10.2. The highest BCUT2D eigenvalue weighted by molar-refractivity contribution is 7.99. The van der Waals surface area contributed by atoms with Crippen LogP contribution in [0.2, 0.25) is 0 Å². The normalized spacial score (nSPS) is 11.6. The standard InChI is InChI=1S/C12H14F2O4S2/c1-2-19-6-3-7-20(17,18)9-5-4-8(13)10(11(9)14)12(15)16/h4-5H,2-3,6-7H2,1H3,(H,15,16). The molecule has 20 heavy (non-hydrogen) atoms. The summed E-state index contributed by atoms with van der Waals surface area (Å²) in [5, 5.41) is 8.70. The van der Waals surface area contributed by atoms with Crippen LogP contribution in [0.25, 0.3) is 0 Å². The average molecular weight is 324 g/mol. The lowest BCUT2D eigenvalue weighted by Crippen LogP contribution is -2.14. The number of thioether (sulfide) groups is 1. The van der Waals surface area contributed by atoms with E-state index in [9.17, 15) is 22.0 Å². The zero-order valence-electron chi connectivity index (χ0n) is 10.7. The van der Waals surface area contributed by atoms with Gasteiger partial charge < -0.3 is 5.11 Å². The molecular formula is C12H14F2O4S2. The molecule has 4 nitrogen and oxygen atoms in total. The van der Waals surface area contributed by atoms with Crippen molar-refractivity contribution < 1.29 is 27.1 Å². The van der Waals surface area contributed by atoms with Gasteiger partial charge in [0.15, 0.2) is 15.7 Å². The molecule has 0 aliphatic carbocycles. The molecule has 0 aromatic heterocycles. The number of carboxylic acid groups (broad SMARTS) is 1. The topological polar surface area (TPSA) is 71.4 Å². The highest BCUT2D eigenvalue weighted by atomic mass is 32.2. The molecule has 0 radical (unpaired) electrons. The Hall–Kier alpha value is -1.15. The molecule has 0 spiro atoms. The van der Waals surface area contributed by atoms with Gasteiger partial charge in [-0.2, -0.15) is 11.8 Å². The van der Waals surface area contributed by atoms with Gasteiger partial charge >= 0.3 is 5.97 Å². The first-order valence-corrected chi connectivity index (χ1v) is 8.63. The van der Waals surface area contributed by atoms with Crippen LogP contribution in [0.4, 0.5) is 8.78 Å². The molecule has 1 N–H and O–H groups in total. The number of hydrogen-bond donors (Lipinski definition) is 1. The molecule has 112 valence electrons. The van der Waals surface area contributed by atoms with Crippen molar-refractivity contribution in [2.24, 2.45) is 0 Å². The van der Waals surface area contributed by atoms with Crippen LogP contribution in [0, 0.1) is 11.6 Å². The third-order valence-electron chi connectivity index (χ3n) is 2.51. The minimum absolute atomic E-state index is 0.304. The number of carbonyl (C=O) groups is 1. The Bertz CT molecular complexity index is 600. The minimum Gasteiger partial charge on any atom is -0.477 e. The summed E-state index contributed by atoms with van der Waals surface area (Å²) in [4.78, 5) is 9.98. The van der Waals surface area contributed by atoms with Crippen molar-refractivity contribution in [3.63, 3.8) is 0 Å². The Morgan fingerprint density at radius 1 is 1.35 bits per heavy atom. The lowest BCUT2D eigenvalue weighted by Gasteiger charge is -2.08. The molecule has 1 rings (SSSR count). The summed E-state index contributed by atoms with van der Waals surface area (Å²) in [5.41, 5.74) is -1.24. The molecule has 0 saturated heterocycles. The molecule has 0 atom stereocenters. The lowest BCUT2D eigenvalue weighted by molar-refractivity contribution is 0.0685. The van der Waals surface area contributed by atoms with Crippen LogP contribution < -0.4 is 0 Å². The second-order valence-electron chi connectivity index (χ2n) is 3.91. The van der Waals surface area contributed by atoms with E-state index in [0.29, 0.717) is 18.2 Å². The van der Waals surface area contributed by atoms with E-state index in [-0.39, 0.29) is 5.75 Å². The van der Waals surface area contributed by atoms with Gasteiger partial charge in [-0.15, -0.1) is 0 Å². The summed E-state index contributed by atoms with van der Waals surface area (Å²) in [6.45, 7) is 1.93. The van der Waals surface area contributed by atoms with Crippen LogP contribution in [-0.4, -0.2) is 36.8 Å². The summed E-state index contributed by atoms with van der Waals surface area (Å²) in [6, 6.07) is 1.42. The molecule has 0 fully saturated rings. The predicted octanol–water partition coefficient (Wildman–Crippen LogP) is 2.58. The summed E-state index contributed by atoms with van der Waals surface area (Å²) in [5.74, 6) is -3.53. The van der Waals surface area contributed by atoms with Gasteiger partial charge in [-0.05, 0) is 30.1 Å². The molecule has 1 aromatic rings. The van der Waals surface area contributed by atoms with E-state index in [1.165, 1.54) is 0 Å². The predicted molar refractivity (Wildman–Crippen MR) is 73.0 cm³/mol. The van der Waals surface area contributed by atoms with Crippen molar-refractivity contribution in [1.29, 1.82) is 0 Å². The van der Waals surface area contributed by atoms with Crippen LogP contribution in [-0.2, 0) is 9.84 Å². The third-order valence-corrected chi connectivity index (χ3v) is 5.31. The van der Waals surface area contributed by atoms with Gasteiger partial charge in [0.2, 0.25) is 0 Å². The second kappa shape index (κ2) is 7.03. The van der Waals surface area contributed by atoms with E-state index >= 15 is 0 Å². The van der Waals surface area contributed by atoms with Crippen LogP contribution in [0.5, 0.6) is 0 Å². The number of sulfone groups is 1. The molecule has 0 saturated carbocycles. The number of aromatic carboxylic acids is 1. The molecule has 0 aliphatic rings. The minimum atomic E-state index is -3.96. The molecule has 1 aromatic carbocycles. The Kier molecular flexibility index (Phi) is 5.94. The zero-order chi connectivity index (χ0) is 15.3. The van der Waals surface area contributed by atoms with Crippen LogP contribution in [0.3, 0.4) is 0 Å². The van der Waals surface area contributed by atoms with E-state index in [1.54, 1.807) is 11.8 Å². The average Bonchev–Trinajstić information content (AvgIpc) is 2.34. The van der Waals surface area contributed by atoms with Crippen molar-refractivity contribution >= 4 is 27.6 Å². The van der Waals surface area contributed by atoms with E-state index in [2.05, 4.69) is 0 Å². The molecule has 0 aliphatic heterocycles. The van der Waals surface area contributed by atoms with Crippen LogP contribution in [0.15, 0.2) is 17.0 Å². The Morgan fingerprint density at radius 3 is 2.55 bits per heavy atom. The van der Waals surface area contributed by atoms with Gasteiger partial charge in [-0.25, -0.2) is 22.0 Å². The van der Waals surface area contributed by atoms with Gasteiger partial charge in [0.1, 0.15) is 16.3 Å². The van der Waals surface area contributed by atoms with Gasteiger partial charge in [0.25, 0.3) is 0 Å². The first kappa shape index (κ1) is 16.9. The van der Waals surface area contributed by atoms with E-state index in [0.717, 1.165) is 11.8 Å².